The maximum atomic E-state index is 13.0. The monoisotopic (exact) mass is 240 g/mol. The summed E-state index contributed by atoms with van der Waals surface area (Å²) in [5, 5.41) is 10.2. The molecule has 3 heteroatoms. The van der Waals surface area contributed by atoms with Crippen LogP contribution in [0.2, 0.25) is 0 Å². The zero-order valence-electron chi connectivity index (χ0n) is 9.45. The van der Waals surface area contributed by atoms with Crippen LogP contribution in [0.3, 0.4) is 0 Å². The highest BCUT2D eigenvalue weighted by Crippen LogP contribution is 2.41. The molecule has 0 aromatic heterocycles. The van der Waals surface area contributed by atoms with Gasteiger partial charge in [0.15, 0.2) is 0 Å². The summed E-state index contributed by atoms with van der Waals surface area (Å²) in [7, 11) is 0. The highest BCUT2D eigenvalue weighted by atomic mass is 32.2. The minimum absolute atomic E-state index is 0.0493. The highest BCUT2D eigenvalue weighted by Gasteiger charge is 2.36. The first-order valence-electron chi connectivity index (χ1n) is 5.67. The summed E-state index contributed by atoms with van der Waals surface area (Å²) < 4.78 is 13.0. The van der Waals surface area contributed by atoms with E-state index in [1.165, 1.54) is 18.6 Å². The van der Waals surface area contributed by atoms with Crippen molar-refractivity contribution in [3.8, 4) is 0 Å². The molecule has 0 spiro atoms. The molecule has 1 aliphatic rings. The normalized spacial score (nSPS) is 26.9. The van der Waals surface area contributed by atoms with Crippen LogP contribution in [0, 0.1) is 5.82 Å². The van der Waals surface area contributed by atoms with Gasteiger partial charge >= 0.3 is 0 Å². The summed E-state index contributed by atoms with van der Waals surface area (Å²) in [6.45, 7) is 2.11. The molecule has 1 aromatic carbocycles. The van der Waals surface area contributed by atoms with Crippen molar-refractivity contribution in [3.05, 3.63) is 35.6 Å². The first kappa shape index (κ1) is 11.9. The average molecular weight is 240 g/mol. The Hall–Kier alpha value is -0.540. The van der Waals surface area contributed by atoms with Crippen LogP contribution in [-0.2, 0) is 6.42 Å². The van der Waals surface area contributed by atoms with E-state index in [1.807, 2.05) is 17.8 Å². The average Bonchev–Trinajstić information content (AvgIpc) is 2.66. The third kappa shape index (κ3) is 2.58. The molecule has 88 valence electrons. The molecule has 2 atom stereocenters. The SMILES string of the molecule is CC1(C(O)Cc2cccc(F)c2)CCCS1. The van der Waals surface area contributed by atoms with E-state index >= 15 is 0 Å². The summed E-state index contributed by atoms with van der Waals surface area (Å²) in [6, 6.07) is 6.50. The predicted octanol–water partition coefficient (Wildman–Crippen LogP) is 3.01. The van der Waals surface area contributed by atoms with Crippen molar-refractivity contribution in [2.45, 2.75) is 37.0 Å². The first-order chi connectivity index (χ1) is 7.60. The molecule has 2 rings (SSSR count). The maximum Gasteiger partial charge on any atom is 0.123 e. The summed E-state index contributed by atoms with van der Waals surface area (Å²) in [5.74, 6) is 0.894. The summed E-state index contributed by atoms with van der Waals surface area (Å²) in [4.78, 5) is 0. The van der Waals surface area contributed by atoms with E-state index < -0.39 is 0 Å². The van der Waals surface area contributed by atoms with Gasteiger partial charge in [0.2, 0.25) is 0 Å². The van der Waals surface area contributed by atoms with Crippen LogP contribution in [0.15, 0.2) is 24.3 Å². The van der Waals surface area contributed by atoms with Crippen molar-refractivity contribution in [2.24, 2.45) is 0 Å². The van der Waals surface area contributed by atoms with Crippen LogP contribution in [0.4, 0.5) is 4.39 Å². The number of halogens is 1. The second kappa shape index (κ2) is 4.76. The Kier molecular flexibility index (Phi) is 3.55. The van der Waals surface area contributed by atoms with Crippen LogP contribution >= 0.6 is 11.8 Å². The van der Waals surface area contributed by atoms with Gasteiger partial charge < -0.3 is 5.11 Å². The summed E-state index contributed by atoms with van der Waals surface area (Å²) in [6.07, 6.45) is 2.37. The molecule has 0 saturated carbocycles. The third-order valence-electron chi connectivity index (χ3n) is 3.27. The molecule has 1 N–H and O–H groups in total. The summed E-state index contributed by atoms with van der Waals surface area (Å²) >= 11 is 1.83. The molecule has 0 aliphatic carbocycles. The Morgan fingerprint density at radius 3 is 3.00 bits per heavy atom. The molecular formula is C13H17FOS. The van der Waals surface area contributed by atoms with Gasteiger partial charge in [0.25, 0.3) is 0 Å². The number of hydrogen-bond donors (Lipinski definition) is 1. The smallest absolute Gasteiger partial charge is 0.123 e. The van der Waals surface area contributed by atoms with E-state index in [9.17, 15) is 9.50 Å². The largest absolute Gasteiger partial charge is 0.391 e. The van der Waals surface area contributed by atoms with Crippen LogP contribution in [0.25, 0.3) is 0 Å². The van der Waals surface area contributed by atoms with Gasteiger partial charge in [-0.15, -0.1) is 0 Å². The Balaban J connectivity index is 2.04. The fourth-order valence-corrected chi connectivity index (χ4v) is 3.49. The Morgan fingerprint density at radius 2 is 2.38 bits per heavy atom. The molecule has 1 aromatic rings. The summed E-state index contributed by atoms with van der Waals surface area (Å²) in [5.41, 5.74) is 0.876. The lowest BCUT2D eigenvalue weighted by molar-refractivity contribution is 0.133. The number of aliphatic hydroxyl groups is 1. The lowest BCUT2D eigenvalue weighted by Gasteiger charge is -2.29. The Morgan fingerprint density at radius 1 is 1.56 bits per heavy atom. The van der Waals surface area contributed by atoms with Crippen LogP contribution in [-0.4, -0.2) is 21.7 Å². The van der Waals surface area contributed by atoms with E-state index in [4.69, 9.17) is 0 Å². The molecule has 0 amide bonds. The molecule has 1 fully saturated rings. The lowest BCUT2D eigenvalue weighted by atomic mass is 9.93. The van der Waals surface area contributed by atoms with Crippen molar-refractivity contribution in [2.75, 3.05) is 5.75 Å². The van der Waals surface area contributed by atoms with Crippen molar-refractivity contribution in [1.29, 1.82) is 0 Å². The van der Waals surface area contributed by atoms with Gasteiger partial charge in [-0.1, -0.05) is 12.1 Å². The van der Waals surface area contributed by atoms with Crippen LogP contribution in [0.1, 0.15) is 25.3 Å². The molecule has 1 saturated heterocycles. The van der Waals surface area contributed by atoms with E-state index in [1.54, 1.807) is 6.07 Å². The molecule has 2 unspecified atom stereocenters. The van der Waals surface area contributed by atoms with E-state index in [0.29, 0.717) is 6.42 Å². The predicted molar refractivity (Wildman–Crippen MR) is 66.2 cm³/mol. The lowest BCUT2D eigenvalue weighted by Crippen LogP contribution is -2.35. The number of hydrogen-bond acceptors (Lipinski definition) is 2. The highest BCUT2D eigenvalue weighted by molar-refractivity contribution is 8.00. The van der Waals surface area contributed by atoms with Gasteiger partial charge in [-0.05, 0) is 49.6 Å². The second-order valence-electron chi connectivity index (χ2n) is 4.61. The van der Waals surface area contributed by atoms with Crippen molar-refractivity contribution in [1.82, 2.24) is 0 Å². The standard InChI is InChI=1S/C13H17FOS/c1-13(6-3-7-16-13)12(15)9-10-4-2-5-11(14)8-10/h2,4-5,8,12,15H,3,6-7,9H2,1H3. The number of aliphatic hydroxyl groups excluding tert-OH is 1. The minimum Gasteiger partial charge on any atom is -0.391 e. The third-order valence-corrected chi connectivity index (χ3v) is 4.90. The van der Waals surface area contributed by atoms with E-state index in [-0.39, 0.29) is 16.7 Å². The van der Waals surface area contributed by atoms with Gasteiger partial charge in [-0.25, -0.2) is 4.39 Å². The van der Waals surface area contributed by atoms with Gasteiger partial charge in [-0.2, -0.15) is 11.8 Å². The van der Waals surface area contributed by atoms with Gasteiger partial charge in [0, 0.05) is 4.75 Å². The zero-order valence-corrected chi connectivity index (χ0v) is 10.3. The van der Waals surface area contributed by atoms with Crippen molar-refractivity contribution in [3.63, 3.8) is 0 Å². The fraction of sp³-hybridized carbons (Fsp3) is 0.538. The van der Waals surface area contributed by atoms with Crippen molar-refractivity contribution < 1.29 is 9.50 Å². The zero-order chi connectivity index (χ0) is 11.6. The molecule has 1 nitrogen and oxygen atoms in total. The molecule has 1 heterocycles. The van der Waals surface area contributed by atoms with Crippen LogP contribution in [0.5, 0.6) is 0 Å². The van der Waals surface area contributed by atoms with Gasteiger partial charge in [0.1, 0.15) is 5.82 Å². The first-order valence-corrected chi connectivity index (χ1v) is 6.65. The quantitative estimate of drug-likeness (QED) is 0.876. The molecule has 1 aliphatic heterocycles. The van der Waals surface area contributed by atoms with Crippen LogP contribution < -0.4 is 0 Å². The number of benzene rings is 1. The Bertz CT molecular complexity index is 361. The number of thioether (sulfide) groups is 1. The van der Waals surface area contributed by atoms with Gasteiger partial charge in [-0.3, -0.25) is 0 Å². The Labute approximate surface area is 100 Å². The topological polar surface area (TPSA) is 20.2 Å². The van der Waals surface area contributed by atoms with Gasteiger partial charge in [0.05, 0.1) is 6.10 Å². The molecule has 16 heavy (non-hydrogen) atoms. The molecule has 0 bridgehead atoms. The minimum atomic E-state index is -0.387. The molecular weight excluding hydrogens is 223 g/mol. The second-order valence-corrected chi connectivity index (χ2v) is 6.24. The number of rotatable bonds is 3. The van der Waals surface area contributed by atoms with E-state index in [0.717, 1.165) is 17.7 Å². The molecule has 0 radical (unpaired) electrons. The van der Waals surface area contributed by atoms with E-state index in [2.05, 4.69) is 6.92 Å². The maximum absolute atomic E-state index is 13.0. The fourth-order valence-electron chi connectivity index (χ4n) is 2.17. The van der Waals surface area contributed by atoms with Crippen molar-refractivity contribution >= 4 is 11.8 Å².